The molecule has 0 spiro atoms. The molecule has 6 rings (SSSR count). The number of esters is 1. The van der Waals surface area contributed by atoms with Gasteiger partial charge in [-0.2, -0.15) is 0 Å². The summed E-state index contributed by atoms with van der Waals surface area (Å²) < 4.78 is 5.30. The molecule has 0 N–H and O–H groups in total. The third-order valence-corrected chi connectivity index (χ3v) is 7.92. The van der Waals surface area contributed by atoms with Gasteiger partial charge in [-0.05, 0) is 68.3 Å². The van der Waals surface area contributed by atoms with Crippen molar-refractivity contribution in [1.29, 1.82) is 0 Å². The quantitative estimate of drug-likeness (QED) is 0.766. The Hall–Kier alpha value is -1.84. The van der Waals surface area contributed by atoms with E-state index in [2.05, 4.69) is 29.2 Å². The van der Waals surface area contributed by atoms with E-state index in [-0.39, 0.29) is 16.8 Å². The minimum absolute atomic E-state index is 0.0652. The maximum atomic E-state index is 13.7. The molecule has 1 aromatic rings. The molecule has 4 bridgehead atoms. The van der Waals surface area contributed by atoms with Gasteiger partial charge in [0.25, 0.3) is 0 Å². The van der Waals surface area contributed by atoms with E-state index in [1.165, 1.54) is 12.7 Å². The minimum Gasteiger partial charge on any atom is -0.469 e. The molecular weight excluding hydrogens is 338 g/mol. The van der Waals surface area contributed by atoms with Gasteiger partial charge in [0, 0.05) is 13.1 Å². The monoisotopic (exact) mass is 367 g/mol. The molecule has 4 nitrogen and oxygen atoms in total. The van der Waals surface area contributed by atoms with Gasteiger partial charge in [-0.1, -0.05) is 30.3 Å². The first-order valence-corrected chi connectivity index (χ1v) is 10.4. The number of amides is 1. The van der Waals surface area contributed by atoms with Crippen LogP contribution in [0.2, 0.25) is 0 Å². The molecule has 1 heterocycles. The number of rotatable bonds is 3. The number of hydrogen-bond donors (Lipinski definition) is 0. The Labute approximate surface area is 161 Å². The SMILES string of the molecule is COC(=O)C12CC3CC(C(=O)N4CCCC4)(C1)CC(c1ccccc1)(C3)C2. The Morgan fingerprint density at radius 1 is 0.963 bits per heavy atom. The van der Waals surface area contributed by atoms with Crippen LogP contribution in [0.4, 0.5) is 0 Å². The third kappa shape index (κ3) is 2.41. The van der Waals surface area contributed by atoms with Crippen molar-refractivity contribution in [3.05, 3.63) is 35.9 Å². The molecule has 144 valence electrons. The average molecular weight is 367 g/mol. The first-order chi connectivity index (χ1) is 13.0. The molecule has 1 aromatic carbocycles. The number of methoxy groups -OCH3 is 1. The molecule has 4 heteroatoms. The number of likely N-dealkylation sites (tertiary alicyclic amines) is 1. The molecule has 1 saturated heterocycles. The van der Waals surface area contributed by atoms with E-state index < -0.39 is 5.41 Å². The summed E-state index contributed by atoms with van der Waals surface area (Å²) in [5, 5.41) is 0. The molecule has 5 aliphatic rings. The van der Waals surface area contributed by atoms with Crippen molar-refractivity contribution >= 4 is 11.9 Å². The molecule has 4 saturated carbocycles. The molecule has 4 aliphatic carbocycles. The number of carbonyl (C=O) groups is 2. The highest BCUT2D eigenvalue weighted by Gasteiger charge is 2.69. The number of hydrogen-bond acceptors (Lipinski definition) is 3. The van der Waals surface area contributed by atoms with Crippen molar-refractivity contribution < 1.29 is 14.3 Å². The van der Waals surface area contributed by atoms with Gasteiger partial charge in [0.2, 0.25) is 5.91 Å². The maximum absolute atomic E-state index is 13.7. The smallest absolute Gasteiger partial charge is 0.311 e. The summed E-state index contributed by atoms with van der Waals surface area (Å²) in [5.41, 5.74) is 0.373. The first-order valence-electron chi connectivity index (χ1n) is 10.4. The highest BCUT2D eigenvalue weighted by atomic mass is 16.5. The van der Waals surface area contributed by atoms with Gasteiger partial charge in [-0.25, -0.2) is 0 Å². The van der Waals surface area contributed by atoms with E-state index >= 15 is 0 Å². The second-order valence-corrected chi connectivity index (χ2v) is 9.71. The van der Waals surface area contributed by atoms with E-state index in [0.717, 1.165) is 58.0 Å². The molecule has 4 unspecified atom stereocenters. The van der Waals surface area contributed by atoms with Crippen molar-refractivity contribution in [2.75, 3.05) is 20.2 Å². The Kier molecular flexibility index (Phi) is 3.73. The zero-order valence-corrected chi connectivity index (χ0v) is 16.2. The second-order valence-electron chi connectivity index (χ2n) is 9.71. The summed E-state index contributed by atoms with van der Waals surface area (Å²) in [5.74, 6) is 0.662. The first kappa shape index (κ1) is 17.3. The van der Waals surface area contributed by atoms with Crippen LogP contribution in [0.25, 0.3) is 0 Å². The van der Waals surface area contributed by atoms with Gasteiger partial charge in [0.1, 0.15) is 0 Å². The molecule has 1 aliphatic heterocycles. The highest BCUT2D eigenvalue weighted by molar-refractivity contribution is 5.87. The van der Waals surface area contributed by atoms with Gasteiger partial charge in [0.15, 0.2) is 0 Å². The summed E-state index contributed by atoms with van der Waals surface area (Å²) >= 11 is 0. The zero-order chi connectivity index (χ0) is 18.7. The average Bonchev–Trinajstić information content (AvgIpc) is 3.21. The lowest BCUT2D eigenvalue weighted by molar-refractivity contribution is -0.189. The van der Waals surface area contributed by atoms with Gasteiger partial charge in [-0.3, -0.25) is 9.59 Å². The van der Waals surface area contributed by atoms with Crippen LogP contribution < -0.4 is 0 Å². The lowest BCUT2D eigenvalue weighted by Crippen LogP contribution is -2.64. The lowest BCUT2D eigenvalue weighted by atomic mass is 9.38. The zero-order valence-electron chi connectivity index (χ0n) is 16.2. The maximum Gasteiger partial charge on any atom is 0.311 e. The summed E-state index contributed by atoms with van der Waals surface area (Å²) in [6.45, 7) is 1.77. The predicted molar refractivity (Wildman–Crippen MR) is 102 cm³/mol. The van der Waals surface area contributed by atoms with Crippen molar-refractivity contribution in [1.82, 2.24) is 4.90 Å². The molecule has 0 aromatic heterocycles. The van der Waals surface area contributed by atoms with Crippen LogP contribution in [-0.2, 0) is 19.7 Å². The molecule has 0 radical (unpaired) electrons. The molecule has 4 atom stereocenters. The van der Waals surface area contributed by atoms with Gasteiger partial charge >= 0.3 is 5.97 Å². The molecule has 5 fully saturated rings. The summed E-state index contributed by atoms with van der Waals surface area (Å²) in [4.78, 5) is 28.8. The van der Waals surface area contributed by atoms with Gasteiger partial charge in [-0.15, -0.1) is 0 Å². The molecule has 27 heavy (non-hydrogen) atoms. The summed E-state index contributed by atoms with van der Waals surface area (Å²) in [7, 11) is 1.51. The van der Waals surface area contributed by atoms with Crippen LogP contribution in [0.1, 0.15) is 56.9 Å². The molecule has 1 amide bonds. The van der Waals surface area contributed by atoms with E-state index in [0.29, 0.717) is 18.2 Å². The van der Waals surface area contributed by atoms with Crippen LogP contribution in [0.3, 0.4) is 0 Å². The second kappa shape index (κ2) is 5.83. The van der Waals surface area contributed by atoms with Crippen LogP contribution in [0.15, 0.2) is 30.3 Å². The van der Waals surface area contributed by atoms with Crippen LogP contribution in [0.5, 0.6) is 0 Å². The fraction of sp³-hybridized carbons (Fsp3) is 0.652. The number of carbonyl (C=O) groups excluding carboxylic acids is 2. The normalized spacial score (nSPS) is 39.6. The van der Waals surface area contributed by atoms with E-state index in [1.807, 2.05) is 6.07 Å². The van der Waals surface area contributed by atoms with Crippen LogP contribution >= 0.6 is 0 Å². The summed E-state index contributed by atoms with van der Waals surface area (Å²) in [6.07, 6.45) is 7.59. The number of nitrogens with zero attached hydrogens (tertiary/aromatic N) is 1. The Morgan fingerprint density at radius 3 is 2.33 bits per heavy atom. The fourth-order valence-corrected chi connectivity index (χ4v) is 7.49. The van der Waals surface area contributed by atoms with E-state index in [4.69, 9.17) is 4.74 Å². The highest BCUT2D eigenvalue weighted by Crippen LogP contribution is 2.70. The van der Waals surface area contributed by atoms with Crippen molar-refractivity contribution in [2.24, 2.45) is 16.7 Å². The third-order valence-electron chi connectivity index (χ3n) is 7.92. The Bertz CT molecular complexity index is 771. The minimum atomic E-state index is -0.487. The van der Waals surface area contributed by atoms with Gasteiger partial charge < -0.3 is 9.64 Å². The van der Waals surface area contributed by atoms with Crippen LogP contribution in [-0.4, -0.2) is 37.0 Å². The largest absolute Gasteiger partial charge is 0.469 e. The van der Waals surface area contributed by atoms with Gasteiger partial charge in [0.05, 0.1) is 17.9 Å². The van der Waals surface area contributed by atoms with Crippen LogP contribution in [0, 0.1) is 16.7 Å². The van der Waals surface area contributed by atoms with Crippen molar-refractivity contribution in [3.63, 3.8) is 0 Å². The van der Waals surface area contributed by atoms with E-state index in [9.17, 15) is 9.59 Å². The standard InChI is InChI=1S/C23H29NO3/c1-27-20(26)23-13-17-11-21(15-23,18-7-3-2-4-8-18)14-22(12-17,16-23)19(25)24-9-5-6-10-24/h2-4,7-8,17H,5-6,9-16H2,1H3. The molecular formula is C23H29NO3. The predicted octanol–water partition coefficient (Wildman–Crippen LogP) is 3.69. The lowest BCUT2D eigenvalue weighted by Gasteiger charge is -2.65. The number of ether oxygens (including phenoxy) is 1. The van der Waals surface area contributed by atoms with E-state index in [1.54, 1.807) is 0 Å². The Morgan fingerprint density at radius 2 is 1.63 bits per heavy atom. The van der Waals surface area contributed by atoms with Crippen molar-refractivity contribution in [3.8, 4) is 0 Å². The fourth-order valence-electron chi connectivity index (χ4n) is 7.49. The topological polar surface area (TPSA) is 46.6 Å². The number of benzene rings is 1. The van der Waals surface area contributed by atoms with Crippen molar-refractivity contribution in [2.45, 2.75) is 56.8 Å². The Balaban J connectivity index is 1.61. The summed E-state index contributed by atoms with van der Waals surface area (Å²) in [6, 6.07) is 10.6.